The van der Waals surface area contributed by atoms with Crippen LogP contribution in [0.15, 0.2) is 59.2 Å². The number of aromatic amines is 2. The van der Waals surface area contributed by atoms with Gasteiger partial charge >= 0.3 is 0 Å². The summed E-state index contributed by atoms with van der Waals surface area (Å²) in [4.78, 5) is 11.4. The van der Waals surface area contributed by atoms with E-state index < -0.39 is 0 Å². The summed E-state index contributed by atoms with van der Waals surface area (Å²) in [7, 11) is 1.69. The average molecular weight is 317 g/mol. The molecule has 0 fully saturated rings. The van der Waals surface area contributed by atoms with E-state index in [4.69, 9.17) is 4.74 Å². The third-order valence-corrected chi connectivity index (χ3v) is 4.22. The Morgan fingerprint density at radius 3 is 2.67 bits per heavy atom. The lowest BCUT2D eigenvalue weighted by atomic mass is 10.2. The lowest BCUT2D eigenvalue weighted by molar-refractivity contribution is 0.414. The fourth-order valence-corrected chi connectivity index (χ4v) is 2.94. The number of nitrogens with one attached hydrogen (secondary N) is 2. The molecule has 3 aromatic rings. The second-order valence-corrected chi connectivity index (χ2v) is 5.79. The minimum Gasteiger partial charge on any atom is -0.494 e. The summed E-state index contributed by atoms with van der Waals surface area (Å²) in [5.74, 6) is 0.810. The van der Waals surface area contributed by atoms with Gasteiger partial charge in [0.15, 0.2) is 0 Å². The second-order valence-electron chi connectivity index (χ2n) is 5.79. The first kappa shape index (κ1) is 14.6. The Morgan fingerprint density at radius 1 is 1.08 bits per heavy atom. The van der Waals surface area contributed by atoms with Crippen molar-refractivity contribution in [1.29, 1.82) is 0 Å². The fraction of sp³-hybridized carbons (Fsp3) is 0.150. The molecular weight excluding hydrogens is 298 g/mol. The van der Waals surface area contributed by atoms with Crippen molar-refractivity contribution >= 4 is 22.7 Å². The summed E-state index contributed by atoms with van der Waals surface area (Å²) in [5, 5.41) is 1.19. The van der Waals surface area contributed by atoms with Gasteiger partial charge in [-0.25, -0.2) is 0 Å². The van der Waals surface area contributed by atoms with Crippen LogP contribution in [0.25, 0.3) is 28.4 Å². The van der Waals surface area contributed by atoms with Crippen molar-refractivity contribution in [2.75, 3.05) is 7.11 Å². The van der Waals surface area contributed by atoms with Crippen molar-refractivity contribution in [3.05, 3.63) is 59.9 Å². The molecule has 1 aromatic carbocycles. The molecule has 0 saturated heterocycles. The number of benzene rings is 1. The number of fused-ring (bicyclic) bond motifs is 1. The molecule has 4 nitrogen and oxygen atoms in total. The van der Waals surface area contributed by atoms with Crippen LogP contribution in [0.4, 0.5) is 0 Å². The van der Waals surface area contributed by atoms with Crippen LogP contribution in [0.3, 0.4) is 0 Å². The van der Waals surface area contributed by atoms with E-state index in [0.717, 1.165) is 46.2 Å². The van der Waals surface area contributed by atoms with Crippen molar-refractivity contribution in [2.45, 2.75) is 13.3 Å². The highest BCUT2D eigenvalue weighted by molar-refractivity contribution is 5.99. The molecule has 0 aliphatic carbocycles. The molecule has 4 rings (SSSR count). The molecule has 1 aliphatic rings. The minimum absolute atomic E-state index is 0.810. The predicted octanol–water partition coefficient (Wildman–Crippen LogP) is 4.93. The van der Waals surface area contributed by atoms with Crippen molar-refractivity contribution in [3.63, 3.8) is 0 Å². The van der Waals surface area contributed by atoms with Gasteiger partial charge in [-0.2, -0.15) is 0 Å². The molecule has 24 heavy (non-hydrogen) atoms. The van der Waals surface area contributed by atoms with Crippen molar-refractivity contribution in [1.82, 2.24) is 9.97 Å². The SMILES string of the molecule is CCC1=N/C(=C/c2[nH]c(-c3cc4ccccc4[nH]3)cc2OC)C=C1. The first-order valence-corrected chi connectivity index (χ1v) is 8.09. The topological polar surface area (TPSA) is 53.2 Å². The third-order valence-electron chi connectivity index (χ3n) is 4.22. The number of allylic oxidation sites excluding steroid dienone is 2. The molecule has 4 heteroatoms. The molecule has 0 bridgehead atoms. The molecule has 2 N–H and O–H groups in total. The molecule has 1 aliphatic heterocycles. The zero-order valence-electron chi connectivity index (χ0n) is 13.8. The number of ether oxygens (including phenoxy) is 1. The molecule has 2 aromatic heterocycles. The van der Waals surface area contributed by atoms with Gasteiger partial charge in [-0.05, 0) is 36.8 Å². The molecule has 0 radical (unpaired) electrons. The number of para-hydroxylation sites is 1. The summed E-state index contributed by atoms with van der Waals surface area (Å²) >= 11 is 0. The molecule has 120 valence electrons. The van der Waals surface area contributed by atoms with Crippen LogP contribution in [0.2, 0.25) is 0 Å². The molecular formula is C20H19N3O. The van der Waals surface area contributed by atoms with Gasteiger partial charge in [-0.3, -0.25) is 4.99 Å². The highest BCUT2D eigenvalue weighted by atomic mass is 16.5. The lowest BCUT2D eigenvalue weighted by Gasteiger charge is -1.97. The van der Waals surface area contributed by atoms with Gasteiger partial charge in [0.05, 0.1) is 29.9 Å². The van der Waals surface area contributed by atoms with Gasteiger partial charge in [-0.15, -0.1) is 0 Å². The first-order chi connectivity index (χ1) is 11.8. The van der Waals surface area contributed by atoms with Gasteiger partial charge in [-0.1, -0.05) is 25.1 Å². The quantitative estimate of drug-likeness (QED) is 0.704. The Morgan fingerprint density at radius 2 is 1.92 bits per heavy atom. The van der Waals surface area contributed by atoms with Gasteiger partial charge < -0.3 is 14.7 Å². The van der Waals surface area contributed by atoms with Gasteiger partial charge in [0.1, 0.15) is 5.75 Å². The summed E-state index contributed by atoms with van der Waals surface area (Å²) in [6, 6.07) is 12.4. The van der Waals surface area contributed by atoms with E-state index in [1.807, 2.05) is 30.4 Å². The molecule has 0 spiro atoms. The van der Waals surface area contributed by atoms with E-state index >= 15 is 0 Å². The number of methoxy groups -OCH3 is 1. The van der Waals surface area contributed by atoms with E-state index in [-0.39, 0.29) is 0 Å². The smallest absolute Gasteiger partial charge is 0.144 e. The Labute approximate surface area is 140 Å². The molecule has 0 unspecified atom stereocenters. The molecule has 3 heterocycles. The highest BCUT2D eigenvalue weighted by Gasteiger charge is 2.12. The van der Waals surface area contributed by atoms with Gasteiger partial charge in [0.25, 0.3) is 0 Å². The van der Waals surface area contributed by atoms with Crippen LogP contribution in [0.5, 0.6) is 5.75 Å². The van der Waals surface area contributed by atoms with Crippen LogP contribution in [0.1, 0.15) is 19.0 Å². The number of hydrogen-bond acceptors (Lipinski definition) is 2. The van der Waals surface area contributed by atoms with Crippen LogP contribution < -0.4 is 4.74 Å². The van der Waals surface area contributed by atoms with Crippen LogP contribution in [-0.4, -0.2) is 22.8 Å². The standard InChI is InChI=1S/C20H19N3O/c1-3-14-8-9-15(21-14)11-19-20(24-2)12-18(23-19)17-10-13-6-4-5-7-16(13)22-17/h4-12,22-23H,3H2,1-2H3/b15-11+. The van der Waals surface area contributed by atoms with Crippen molar-refractivity contribution < 1.29 is 4.74 Å². The second kappa shape index (κ2) is 5.89. The van der Waals surface area contributed by atoms with Crippen molar-refractivity contribution in [3.8, 4) is 17.1 Å². The van der Waals surface area contributed by atoms with Crippen molar-refractivity contribution in [2.24, 2.45) is 4.99 Å². The highest BCUT2D eigenvalue weighted by Crippen LogP contribution is 2.31. The summed E-state index contributed by atoms with van der Waals surface area (Å²) in [6.45, 7) is 2.11. The van der Waals surface area contributed by atoms with Gasteiger partial charge in [0.2, 0.25) is 0 Å². The maximum Gasteiger partial charge on any atom is 0.144 e. The fourth-order valence-electron chi connectivity index (χ4n) is 2.94. The molecule has 0 amide bonds. The predicted molar refractivity (Wildman–Crippen MR) is 99.5 cm³/mol. The van der Waals surface area contributed by atoms with Gasteiger partial charge in [0, 0.05) is 22.7 Å². The number of aromatic nitrogens is 2. The number of aliphatic imine (C=N–C) groups is 1. The lowest BCUT2D eigenvalue weighted by Crippen LogP contribution is -1.85. The maximum atomic E-state index is 5.52. The van der Waals surface area contributed by atoms with E-state index in [2.05, 4.69) is 46.2 Å². The summed E-state index contributed by atoms with van der Waals surface area (Å²) in [6.07, 6.45) is 7.04. The van der Waals surface area contributed by atoms with E-state index in [9.17, 15) is 0 Å². The Bertz CT molecular complexity index is 952. The number of hydrogen-bond donors (Lipinski definition) is 2. The third kappa shape index (κ3) is 2.56. The molecule has 0 atom stereocenters. The first-order valence-electron chi connectivity index (χ1n) is 8.09. The number of nitrogens with zero attached hydrogens (tertiary/aromatic N) is 1. The van der Waals surface area contributed by atoms with Crippen LogP contribution >= 0.6 is 0 Å². The Kier molecular flexibility index (Phi) is 3.58. The zero-order valence-corrected chi connectivity index (χ0v) is 13.8. The van der Waals surface area contributed by atoms with E-state index in [1.165, 1.54) is 5.39 Å². The summed E-state index contributed by atoms with van der Waals surface area (Å²) in [5.41, 5.74) is 6.12. The minimum atomic E-state index is 0.810. The largest absolute Gasteiger partial charge is 0.494 e. The number of rotatable bonds is 4. The molecule has 0 saturated carbocycles. The summed E-state index contributed by atoms with van der Waals surface area (Å²) < 4.78 is 5.52. The van der Waals surface area contributed by atoms with Crippen LogP contribution in [-0.2, 0) is 0 Å². The van der Waals surface area contributed by atoms with E-state index in [0.29, 0.717) is 0 Å². The Balaban J connectivity index is 1.74. The number of H-pyrrole nitrogens is 2. The average Bonchev–Trinajstić information content (AvgIpc) is 3.32. The normalized spacial score (nSPS) is 15.4. The zero-order chi connectivity index (χ0) is 16.5. The maximum absolute atomic E-state index is 5.52. The monoisotopic (exact) mass is 317 g/mol. The Hall–Kier alpha value is -3.01. The van der Waals surface area contributed by atoms with E-state index in [1.54, 1.807) is 7.11 Å². The van der Waals surface area contributed by atoms with Crippen LogP contribution in [0, 0.1) is 0 Å².